The van der Waals surface area contributed by atoms with E-state index >= 15 is 0 Å². The first-order valence-electron chi connectivity index (χ1n) is 10.1. The Morgan fingerprint density at radius 1 is 1.00 bits per heavy atom. The minimum atomic E-state index is -0.804. The number of aliphatic hydroxyl groups excluding tert-OH is 1. The second-order valence-corrected chi connectivity index (χ2v) is 8.18. The predicted octanol–water partition coefficient (Wildman–Crippen LogP) is 5.59. The maximum absolute atomic E-state index is 13.2. The Bertz CT molecular complexity index is 1250. The molecule has 0 aromatic heterocycles. The molecule has 0 bridgehead atoms. The van der Waals surface area contributed by atoms with Crippen LogP contribution in [0.3, 0.4) is 0 Å². The van der Waals surface area contributed by atoms with E-state index in [-0.39, 0.29) is 11.3 Å². The van der Waals surface area contributed by atoms with E-state index in [1.807, 2.05) is 32.0 Å². The van der Waals surface area contributed by atoms with Gasteiger partial charge in [0.1, 0.15) is 11.5 Å². The van der Waals surface area contributed by atoms with Crippen molar-refractivity contribution in [1.82, 2.24) is 0 Å². The van der Waals surface area contributed by atoms with E-state index in [1.54, 1.807) is 55.6 Å². The maximum atomic E-state index is 13.2. The van der Waals surface area contributed by atoms with Crippen molar-refractivity contribution < 1.29 is 19.4 Å². The van der Waals surface area contributed by atoms with Gasteiger partial charge in [0.05, 0.1) is 18.7 Å². The number of carbonyl (C=O) groups excluding carboxylic acids is 2. The number of hydrogen-bond donors (Lipinski definition) is 1. The average Bonchev–Trinajstić information content (AvgIpc) is 3.04. The highest BCUT2D eigenvalue weighted by Crippen LogP contribution is 2.43. The number of rotatable bonds is 4. The smallest absolute Gasteiger partial charge is 0.300 e. The van der Waals surface area contributed by atoms with Crippen molar-refractivity contribution >= 4 is 34.7 Å². The highest BCUT2D eigenvalue weighted by Gasteiger charge is 2.47. The molecule has 1 fully saturated rings. The SMILES string of the molecule is COc1ccc(C2/C(=C(\O)c3cccc(Cl)c3)C(=O)C(=O)N2c2ccc(C)cc2C)cc1. The molecular weight excluding hydrogens is 426 g/mol. The molecule has 1 unspecified atom stereocenters. The third-order valence-electron chi connectivity index (χ3n) is 5.59. The summed E-state index contributed by atoms with van der Waals surface area (Å²) >= 11 is 6.10. The molecule has 1 N–H and O–H groups in total. The third-order valence-corrected chi connectivity index (χ3v) is 5.82. The molecule has 1 atom stereocenters. The lowest BCUT2D eigenvalue weighted by molar-refractivity contribution is -0.132. The van der Waals surface area contributed by atoms with E-state index < -0.39 is 17.7 Å². The standard InChI is InChI=1S/C26H22ClNO4/c1-15-7-12-21(16(2)13-15)28-23(17-8-10-20(32-3)11-9-17)22(25(30)26(28)31)24(29)18-5-4-6-19(27)14-18/h4-14,23,29H,1-3H3/b24-22+. The Kier molecular flexibility index (Phi) is 5.76. The molecule has 1 heterocycles. The van der Waals surface area contributed by atoms with Crippen LogP contribution >= 0.6 is 11.6 Å². The second kappa shape index (κ2) is 8.52. The summed E-state index contributed by atoms with van der Waals surface area (Å²) in [5, 5.41) is 11.6. The van der Waals surface area contributed by atoms with Crippen LogP contribution in [0.25, 0.3) is 5.76 Å². The van der Waals surface area contributed by atoms with Crippen LogP contribution in [0, 0.1) is 13.8 Å². The summed E-state index contributed by atoms with van der Waals surface area (Å²) in [5.74, 6) is -1.06. The first-order chi connectivity index (χ1) is 15.3. The molecule has 1 saturated heterocycles. The number of hydrogen-bond acceptors (Lipinski definition) is 4. The summed E-state index contributed by atoms with van der Waals surface area (Å²) in [6, 6.07) is 18.5. The number of nitrogens with zero attached hydrogens (tertiary/aromatic N) is 1. The van der Waals surface area contributed by atoms with E-state index in [0.29, 0.717) is 27.6 Å². The molecule has 0 aliphatic carbocycles. The molecule has 0 radical (unpaired) electrons. The van der Waals surface area contributed by atoms with Crippen molar-refractivity contribution in [2.75, 3.05) is 12.0 Å². The molecule has 4 rings (SSSR count). The van der Waals surface area contributed by atoms with Gasteiger partial charge in [-0.25, -0.2) is 0 Å². The average molecular weight is 448 g/mol. The van der Waals surface area contributed by atoms with Gasteiger partial charge in [-0.15, -0.1) is 0 Å². The number of benzene rings is 3. The van der Waals surface area contributed by atoms with Gasteiger partial charge in [-0.05, 0) is 55.3 Å². The Balaban J connectivity index is 1.96. The molecule has 0 saturated carbocycles. The van der Waals surface area contributed by atoms with Gasteiger partial charge in [-0.2, -0.15) is 0 Å². The first kappa shape index (κ1) is 21.7. The summed E-state index contributed by atoms with van der Waals surface area (Å²) in [6.07, 6.45) is 0. The Morgan fingerprint density at radius 2 is 1.72 bits per heavy atom. The van der Waals surface area contributed by atoms with Crippen LogP contribution < -0.4 is 9.64 Å². The fraction of sp³-hybridized carbons (Fsp3) is 0.154. The number of amides is 1. The van der Waals surface area contributed by atoms with E-state index in [1.165, 1.54) is 4.90 Å². The van der Waals surface area contributed by atoms with Crippen LogP contribution in [0.4, 0.5) is 5.69 Å². The normalized spacial score (nSPS) is 17.6. The minimum Gasteiger partial charge on any atom is -0.507 e. The fourth-order valence-corrected chi connectivity index (χ4v) is 4.24. The zero-order chi connectivity index (χ0) is 23.0. The van der Waals surface area contributed by atoms with E-state index in [4.69, 9.17) is 16.3 Å². The molecule has 1 aliphatic rings. The van der Waals surface area contributed by atoms with Crippen LogP contribution in [0.2, 0.25) is 5.02 Å². The molecule has 1 amide bonds. The highest BCUT2D eigenvalue weighted by molar-refractivity contribution is 6.51. The van der Waals surface area contributed by atoms with Gasteiger partial charge in [0.2, 0.25) is 0 Å². The Labute approximate surface area is 191 Å². The largest absolute Gasteiger partial charge is 0.507 e. The lowest BCUT2D eigenvalue weighted by Crippen LogP contribution is -2.30. The van der Waals surface area contributed by atoms with Gasteiger partial charge in [0, 0.05) is 16.3 Å². The minimum absolute atomic E-state index is 0.0161. The Morgan fingerprint density at radius 3 is 2.34 bits per heavy atom. The topological polar surface area (TPSA) is 66.8 Å². The molecule has 0 spiro atoms. The van der Waals surface area contributed by atoms with E-state index in [2.05, 4.69) is 0 Å². The van der Waals surface area contributed by atoms with Gasteiger partial charge in [-0.3, -0.25) is 14.5 Å². The lowest BCUT2D eigenvalue weighted by Gasteiger charge is -2.27. The van der Waals surface area contributed by atoms with Gasteiger partial charge in [0.15, 0.2) is 0 Å². The number of aliphatic hydroxyl groups is 1. The van der Waals surface area contributed by atoms with E-state index in [9.17, 15) is 14.7 Å². The number of ketones is 1. The van der Waals surface area contributed by atoms with Gasteiger partial charge in [-0.1, -0.05) is 53.6 Å². The maximum Gasteiger partial charge on any atom is 0.300 e. The summed E-state index contributed by atoms with van der Waals surface area (Å²) in [6.45, 7) is 3.86. The van der Waals surface area contributed by atoms with Gasteiger partial charge < -0.3 is 9.84 Å². The number of methoxy groups -OCH3 is 1. The number of aryl methyl sites for hydroxylation is 2. The van der Waals surface area contributed by atoms with Crippen LogP contribution in [0.15, 0.2) is 72.3 Å². The van der Waals surface area contributed by atoms with Crippen LogP contribution in [-0.2, 0) is 9.59 Å². The number of halogens is 1. The second-order valence-electron chi connectivity index (χ2n) is 7.74. The lowest BCUT2D eigenvalue weighted by atomic mass is 9.94. The van der Waals surface area contributed by atoms with Crippen LogP contribution in [0.5, 0.6) is 5.75 Å². The molecule has 5 nitrogen and oxygen atoms in total. The molecule has 6 heteroatoms. The van der Waals surface area contributed by atoms with E-state index in [0.717, 1.165) is 11.1 Å². The van der Waals surface area contributed by atoms with Crippen LogP contribution in [-0.4, -0.2) is 23.9 Å². The summed E-state index contributed by atoms with van der Waals surface area (Å²) in [4.78, 5) is 27.9. The zero-order valence-corrected chi connectivity index (χ0v) is 18.7. The fourth-order valence-electron chi connectivity index (χ4n) is 4.05. The van der Waals surface area contributed by atoms with Gasteiger partial charge in [0.25, 0.3) is 11.7 Å². The van der Waals surface area contributed by atoms with Gasteiger partial charge >= 0.3 is 0 Å². The number of carbonyl (C=O) groups is 2. The van der Waals surface area contributed by atoms with Crippen molar-refractivity contribution in [3.63, 3.8) is 0 Å². The number of anilines is 1. The molecule has 3 aromatic rings. The quantitative estimate of drug-likeness (QED) is 0.321. The number of ether oxygens (including phenoxy) is 1. The van der Waals surface area contributed by atoms with Crippen molar-refractivity contribution in [2.45, 2.75) is 19.9 Å². The van der Waals surface area contributed by atoms with Crippen molar-refractivity contribution in [3.8, 4) is 5.75 Å². The first-order valence-corrected chi connectivity index (χ1v) is 10.5. The molecular formula is C26H22ClNO4. The molecule has 1 aliphatic heterocycles. The highest BCUT2D eigenvalue weighted by atomic mass is 35.5. The van der Waals surface area contributed by atoms with Crippen molar-refractivity contribution in [3.05, 3.63) is 99.6 Å². The molecule has 32 heavy (non-hydrogen) atoms. The Hall–Kier alpha value is -3.57. The zero-order valence-electron chi connectivity index (χ0n) is 17.9. The summed E-state index contributed by atoms with van der Waals surface area (Å²) in [5.41, 5.74) is 3.57. The van der Waals surface area contributed by atoms with Crippen molar-refractivity contribution in [2.24, 2.45) is 0 Å². The number of Topliss-reactive ketones (excluding diaryl/α,β-unsaturated/α-hetero) is 1. The molecule has 3 aromatic carbocycles. The third kappa shape index (κ3) is 3.76. The predicted molar refractivity (Wildman–Crippen MR) is 125 cm³/mol. The summed E-state index contributed by atoms with van der Waals surface area (Å²) in [7, 11) is 1.57. The molecule has 162 valence electrons. The van der Waals surface area contributed by atoms with Crippen molar-refractivity contribution in [1.29, 1.82) is 0 Å². The monoisotopic (exact) mass is 447 g/mol. The van der Waals surface area contributed by atoms with Crippen LogP contribution in [0.1, 0.15) is 28.3 Å². The summed E-state index contributed by atoms with van der Waals surface area (Å²) < 4.78 is 5.25.